The first kappa shape index (κ1) is 17.5. The number of hydrogen-bond donors (Lipinski definition) is 1. The van der Waals surface area contributed by atoms with Crippen LogP contribution in [-0.2, 0) is 9.53 Å². The largest absolute Gasteiger partial charge is 0.483 e. The molecule has 1 aliphatic heterocycles. The number of anilines is 1. The summed E-state index contributed by atoms with van der Waals surface area (Å²) in [5.41, 5.74) is 2.84. The van der Waals surface area contributed by atoms with Gasteiger partial charge in [0.15, 0.2) is 6.61 Å². The van der Waals surface area contributed by atoms with Gasteiger partial charge >= 0.3 is 0 Å². The Morgan fingerprint density at radius 2 is 2.12 bits per heavy atom. The minimum Gasteiger partial charge on any atom is -0.483 e. The molecule has 1 aliphatic rings. The zero-order chi connectivity index (χ0) is 17.6. The highest BCUT2D eigenvalue weighted by Crippen LogP contribution is 2.24. The lowest BCUT2D eigenvalue weighted by molar-refractivity contribution is -0.118. The number of carbonyl (C=O) groups is 1. The molecule has 0 spiro atoms. The second-order valence-corrected chi connectivity index (χ2v) is 6.35. The molecule has 132 valence electrons. The van der Waals surface area contributed by atoms with E-state index in [-0.39, 0.29) is 18.6 Å². The predicted octanol–water partition coefficient (Wildman–Crippen LogP) is 3.02. The van der Waals surface area contributed by atoms with Crippen molar-refractivity contribution in [3.05, 3.63) is 59.7 Å². The average Bonchev–Trinajstić information content (AvgIpc) is 2.61. The topological polar surface area (TPSA) is 50.8 Å². The third kappa shape index (κ3) is 4.81. The second kappa shape index (κ2) is 8.14. The number of carbonyl (C=O) groups excluding carboxylic acids is 1. The van der Waals surface area contributed by atoms with Gasteiger partial charge in [0, 0.05) is 18.8 Å². The monoisotopic (exact) mass is 340 g/mol. The van der Waals surface area contributed by atoms with Crippen molar-refractivity contribution in [3.8, 4) is 5.75 Å². The molecule has 1 atom stereocenters. The molecule has 0 saturated carbocycles. The normalized spacial score (nSPS) is 17.9. The van der Waals surface area contributed by atoms with Crippen LogP contribution < -0.4 is 10.1 Å². The van der Waals surface area contributed by atoms with E-state index in [2.05, 4.69) is 17.3 Å². The summed E-state index contributed by atoms with van der Waals surface area (Å²) in [5, 5.41) is 2.89. The highest BCUT2D eigenvalue weighted by Gasteiger charge is 2.19. The lowest BCUT2D eigenvalue weighted by atomic mass is 10.1. The summed E-state index contributed by atoms with van der Waals surface area (Å²) in [6.45, 7) is 4.47. The number of likely N-dealkylation sites (N-methyl/N-ethyl adjacent to an activating group) is 1. The second-order valence-electron chi connectivity index (χ2n) is 6.35. The minimum absolute atomic E-state index is 0.0161. The van der Waals surface area contributed by atoms with Gasteiger partial charge < -0.3 is 19.7 Å². The standard InChI is InChI=1S/C20H24N2O3/c1-15-6-3-4-9-18(15)25-14-20(23)21-17-8-5-7-16(12-17)19-13-22(2)10-11-24-19/h3-9,12,19H,10-11,13-14H2,1-2H3,(H,21,23). The summed E-state index contributed by atoms with van der Waals surface area (Å²) >= 11 is 0. The van der Waals surface area contributed by atoms with Crippen molar-refractivity contribution in [1.82, 2.24) is 4.90 Å². The first-order valence-electron chi connectivity index (χ1n) is 8.50. The van der Waals surface area contributed by atoms with E-state index in [0.717, 1.165) is 42.3 Å². The lowest BCUT2D eigenvalue weighted by Gasteiger charge is -2.30. The highest BCUT2D eigenvalue weighted by atomic mass is 16.5. The smallest absolute Gasteiger partial charge is 0.262 e. The number of morpholine rings is 1. The molecule has 1 amide bonds. The van der Waals surface area contributed by atoms with Crippen LogP contribution in [0.15, 0.2) is 48.5 Å². The Kier molecular flexibility index (Phi) is 5.68. The molecular formula is C20H24N2O3. The van der Waals surface area contributed by atoms with Gasteiger partial charge in [-0.2, -0.15) is 0 Å². The average molecular weight is 340 g/mol. The molecule has 1 heterocycles. The molecule has 0 aliphatic carbocycles. The molecule has 2 aromatic rings. The summed E-state index contributed by atoms with van der Waals surface area (Å²) in [6.07, 6.45) is 0.0406. The van der Waals surface area contributed by atoms with Crippen LogP contribution in [0.5, 0.6) is 5.75 Å². The van der Waals surface area contributed by atoms with Crippen LogP contribution in [0.3, 0.4) is 0 Å². The van der Waals surface area contributed by atoms with Crippen LogP contribution >= 0.6 is 0 Å². The Balaban J connectivity index is 1.58. The van der Waals surface area contributed by atoms with Gasteiger partial charge in [-0.3, -0.25) is 4.79 Å². The Labute approximate surface area is 148 Å². The number of para-hydroxylation sites is 1. The van der Waals surface area contributed by atoms with Crippen molar-refractivity contribution in [2.75, 3.05) is 38.7 Å². The molecule has 2 aromatic carbocycles. The maximum Gasteiger partial charge on any atom is 0.262 e. The number of nitrogens with one attached hydrogen (secondary N) is 1. The predicted molar refractivity (Wildman–Crippen MR) is 97.9 cm³/mol. The first-order chi connectivity index (χ1) is 12.1. The molecule has 1 fully saturated rings. The fourth-order valence-electron chi connectivity index (χ4n) is 2.85. The fourth-order valence-corrected chi connectivity index (χ4v) is 2.85. The van der Waals surface area contributed by atoms with Gasteiger partial charge in [0.1, 0.15) is 5.75 Å². The van der Waals surface area contributed by atoms with Gasteiger partial charge in [0.2, 0.25) is 0 Å². The van der Waals surface area contributed by atoms with Gasteiger partial charge in [-0.25, -0.2) is 0 Å². The van der Waals surface area contributed by atoms with Crippen molar-refractivity contribution < 1.29 is 14.3 Å². The van der Waals surface area contributed by atoms with Crippen LogP contribution in [0.25, 0.3) is 0 Å². The number of rotatable bonds is 5. The van der Waals surface area contributed by atoms with Crippen molar-refractivity contribution in [2.45, 2.75) is 13.0 Å². The molecule has 0 radical (unpaired) electrons. The molecule has 25 heavy (non-hydrogen) atoms. The molecular weight excluding hydrogens is 316 g/mol. The van der Waals surface area contributed by atoms with E-state index in [4.69, 9.17) is 9.47 Å². The van der Waals surface area contributed by atoms with Crippen LogP contribution in [0.2, 0.25) is 0 Å². The molecule has 1 unspecified atom stereocenters. The Hall–Kier alpha value is -2.37. The number of hydrogen-bond acceptors (Lipinski definition) is 4. The van der Waals surface area contributed by atoms with Crippen molar-refractivity contribution >= 4 is 11.6 Å². The molecule has 5 heteroatoms. The summed E-state index contributed by atoms with van der Waals surface area (Å²) in [4.78, 5) is 14.4. The van der Waals surface area contributed by atoms with E-state index in [0.29, 0.717) is 0 Å². The maximum absolute atomic E-state index is 12.2. The Morgan fingerprint density at radius 3 is 2.92 bits per heavy atom. The van der Waals surface area contributed by atoms with Gasteiger partial charge in [0.05, 0.1) is 12.7 Å². The minimum atomic E-state index is -0.179. The number of nitrogens with zero attached hydrogens (tertiary/aromatic N) is 1. The number of amides is 1. The number of benzene rings is 2. The maximum atomic E-state index is 12.2. The molecule has 5 nitrogen and oxygen atoms in total. The zero-order valence-electron chi connectivity index (χ0n) is 14.7. The van der Waals surface area contributed by atoms with Gasteiger partial charge in [0.25, 0.3) is 5.91 Å². The van der Waals surface area contributed by atoms with Crippen LogP contribution in [0, 0.1) is 6.92 Å². The van der Waals surface area contributed by atoms with Crippen molar-refractivity contribution in [1.29, 1.82) is 0 Å². The summed E-state index contributed by atoms with van der Waals surface area (Å²) in [7, 11) is 2.09. The number of ether oxygens (including phenoxy) is 2. The third-order valence-electron chi connectivity index (χ3n) is 4.26. The van der Waals surface area contributed by atoms with Gasteiger partial charge in [-0.05, 0) is 43.3 Å². The van der Waals surface area contributed by atoms with Crippen LogP contribution in [0.1, 0.15) is 17.2 Å². The van der Waals surface area contributed by atoms with Gasteiger partial charge in [-0.15, -0.1) is 0 Å². The van der Waals surface area contributed by atoms with Crippen molar-refractivity contribution in [2.24, 2.45) is 0 Å². The first-order valence-corrected chi connectivity index (χ1v) is 8.50. The summed E-state index contributed by atoms with van der Waals surface area (Å²) in [6, 6.07) is 15.5. The van der Waals surface area contributed by atoms with Gasteiger partial charge in [-0.1, -0.05) is 30.3 Å². The van der Waals surface area contributed by atoms with E-state index in [1.165, 1.54) is 0 Å². The number of aryl methyl sites for hydroxylation is 1. The zero-order valence-corrected chi connectivity index (χ0v) is 14.7. The molecule has 0 aromatic heterocycles. The Morgan fingerprint density at radius 1 is 1.28 bits per heavy atom. The van der Waals surface area contributed by atoms with Crippen LogP contribution in [0.4, 0.5) is 5.69 Å². The van der Waals surface area contributed by atoms with E-state index in [1.54, 1.807) is 0 Å². The van der Waals surface area contributed by atoms with E-state index in [1.807, 2.05) is 55.5 Å². The SMILES string of the molecule is Cc1ccccc1OCC(=O)Nc1cccc(C2CN(C)CCO2)c1. The summed E-state index contributed by atoms with van der Waals surface area (Å²) < 4.78 is 11.4. The highest BCUT2D eigenvalue weighted by molar-refractivity contribution is 5.91. The fraction of sp³-hybridized carbons (Fsp3) is 0.350. The Bertz CT molecular complexity index is 732. The molecule has 3 rings (SSSR count). The van der Waals surface area contributed by atoms with E-state index >= 15 is 0 Å². The quantitative estimate of drug-likeness (QED) is 0.909. The molecule has 0 bridgehead atoms. The van der Waals surface area contributed by atoms with Crippen LogP contribution in [-0.4, -0.2) is 44.2 Å². The van der Waals surface area contributed by atoms with E-state index in [9.17, 15) is 4.79 Å². The summed E-state index contributed by atoms with van der Waals surface area (Å²) in [5.74, 6) is 0.548. The lowest BCUT2D eigenvalue weighted by Crippen LogP contribution is -2.35. The molecule has 1 N–H and O–H groups in total. The molecule has 1 saturated heterocycles. The van der Waals surface area contributed by atoms with Crippen molar-refractivity contribution in [3.63, 3.8) is 0 Å². The third-order valence-corrected chi connectivity index (χ3v) is 4.26. The van der Waals surface area contributed by atoms with E-state index < -0.39 is 0 Å².